The Morgan fingerprint density at radius 1 is 0.524 bits per heavy atom. The number of rotatable bonds is 16. The van der Waals surface area contributed by atoms with Gasteiger partial charge in [0.25, 0.3) is 0 Å². The molecule has 0 radical (unpaired) electrons. The summed E-state index contributed by atoms with van der Waals surface area (Å²) >= 11 is 0. The number of aliphatic hydroxyl groups excluding tert-OH is 1. The van der Waals surface area contributed by atoms with Crippen molar-refractivity contribution in [2.45, 2.75) is 96.8 Å². The van der Waals surface area contributed by atoms with Crippen LogP contribution in [0.15, 0.2) is 24.3 Å². The molecule has 0 spiro atoms. The molecule has 0 aromatic rings. The van der Waals surface area contributed by atoms with E-state index in [0.717, 1.165) is 6.42 Å². The molecule has 0 fully saturated rings. The zero-order chi connectivity index (χ0) is 15.4. The summed E-state index contributed by atoms with van der Waals surface area (Å²) in [5.74, 6) is 0. The predicted molar refractivity (Wildman–Crippen MR) is 95.7 cm³/mol. The molecule has 0 aromatic heterocycles. The van der Waals surface area contributed by atoms with Crippen LogP contribution in [0.5, 0.6) is 0 Å². The highest BCUT2D eigenvalue weighted by Crippen LogP contribution is 2.10. The third-order valence-corrected chi connectivity index (χ3v) is 3.90. The van der Waals surface area contributed by atoms with Crippen molar-refractivity contribution in [1.82, 2.24) is 0 Å². The molecule has 0 aromatic carbocycles. The highest BCUT2D eigenvalue weighted by molar-refractivity contribution is 4.81. The van der Waals surface area contributed by atoms with E-state index in [9.17, 15) is 0 Å². The smallest absolute Gasteiger partial charge is 0.0612 e. The summed E-state index contributed by atoms with van der Waals surface area (Å²) in [4.78, 5) is 0. The van der Waals surface area contributed by atoms with Gasteiger partial charge >= 0.3 is 0 Å². The maximum absolute atomic E-state index is 8.60. The van der Waals surface area contributed by atoms with Crippen LogP contribution in [0.4, 0.5) is 0 Å². The van der Waals surface area contributed by atoms with Crippen molar-refractivity contribution in [1.29, 1.82) is 0 Å². The molecule has 0 unspecified atom stereocenters. The van der Waals surface area contributed by atoms with E-state index in [1.54, 1.807) is 0 Å². The number of unbranched alkanes of at least 4 members (excludes halogenated alkanes) is 12. The summed E-state index contributed by atoms with van der Waals surface area (Å²) in [5.41, 5.74) is 0. The molecule has 1 heteroatoms. The van der Waals surface area contributed by atoms with Crippen LogP contribution in [0.2, 0.25) is 0 Å². The second-order valence-electron chi connectivity index (χ2n) is 6.03. The van der Waals surface area contributed by atoms with Gasteiger partial charge in [0.05, 0.1) is 6.61 Å². The minimum Gasteiger partial charge on any atom is -0.392 e. The topological polar surface area (TPSA) is 20.2 Å². The first-order chi connectivity index (χ1) is 10.4. The normalized spacial score (nSPS) is 11.9. The highest BCUT2D eigenvalue weighted by atomic mass is 16.2. The molecule has 0 aliphatic heterocycles. The van der Waals surface area contributed by atoms with Crippen LogP contribution in [-0.2, 0) is 0 Å². The Hall–Kier alpha value is -0.560. The lowest BCUT2D eigenvalue weighted by molar-refractivity contribution is 0.342. The van der Waals surface area contributed by atoms with Crippen LogP contribution in [0.3, 0.4) is 0 Å². The summed E-state index contributed by atoms with van der Waals surface area (Å²) in [5, 5.41) is 8.60. The molecule has 0 saturated heterocycles. The summed E-state index contributed by atoms with van der Waals surface area (Å²) < 4.78 is 0. The molecule has 124 valence electrons. The van der Waals surface area contributed by atoms with Gasteiger partial charge in [-0.3, -0.25) is 0 Å². The van der Waals surface area contributed by atoms with E-state index in [2.05, 4.69) is 25.2 Å². The minimum atomic E-state index is 0.188. The fourth-order valence-corrected chi connectivity index (χ4v) is 2.53. The molecule has 1 nitrogen and oxygen atoms in total. The second kappa shape index (κ2) is 19.4. The van der Waals surface area contributed by atoms with Crippen molar-refractivity contribution in [2.75, 3.05) is 6.61 Å². The lowest BCUT2D eigenvalue weighted by Crippen LogP contribution is -1.81. The Morgan fingerprint density at radius 3 is 1.33 bits per heavy atom. The van der Waals surface area contributed by atoms with E-state index in [0.29, 0.717) is 0 Å². The molecule has 0 bridgehead atoms. The SMILES string of the molecule is CCCCCC/C=C\CCCCCCCCC/C=C/CO. The fourth-order valence-electron chi connectivity index (χ4n) is 2.53. The molecular formula is C20H38O. The molecular weight excluding hydrogens is 256 g/mol. The first-order valence-electron chi connectivity index (χ1n) is 9.32. The van der Waals surface area contributed by atoms with Crippen molar-refractivity contribution < 1.29 is 5.11 Å². The average molecular weight is 295 g/mol. The first kappa shape index (κ1) is 20.4. The van der Waals surface area contributed by atoms with Gasteiger partial charge in [0.2, 0.25) is 0 Å². The van der Waals surface area contributed by atoms with Crippen molar-refractivity contribution in [3.05, 3.63) is 24.3 Å². The largest absolute Gasteiger partial charge is 0.392 e. The molecule has 0 aliphatic rings. The highest BCUT2D eigenvalue weighted by Gasteiger charge is 1.91. The number of allylic oxidation sites excluding steroid dienone is 3. The number of hydrogen-bond donors (Lipinski definition) is 1. The molecule has 0 heterocycles. The number of aliphatic hydroxyl groups is 1. The van der Waals surface area contributed by atoms with Crippen molar-refractivity contribution in [2.24, 2.45) is 0 Å². The Labute approximate surface area is 133 Å². The lowest BCUT2D eigenvalue weighted by atomic mass is 10.1. The van der Waals surface area contributed by atoms with Gasteiger partial charge in [-0.25, -0.2) is 0 Å². The molecule has 1 N–H and O–H groups in total. The Morgan fingerprint density at radius 2 is 0.905 bits per heavy atom. The van der Waals surface area contributed by atoms with Crippen molar-refractivity contribution in [3.8, 4) is 0 Å². The van der Waals surface area contributed by atoms with Crippen LogP contribution >= 0.6 is 0 Å². The van der Waals surface area contributed by atoms with E-state index in [1.807, 2.05) is 6.08 Å². The Kier molecular flexibility index (Phi) is 18.9. The van der Waals surface area contributed by atoms with Crippen molar-refractivity contribution >= 4 is 0 Å². The Balaban J connectivity index is 3.05. The quantitative estimate of drug-likeness (QED) is 0.252. The monoisotopic (exact) mass is 294 g/mol. The molecule has 0 amide bonds. The van der Waals surface area contributed by atoms with Crippen LogP contribution in [-0.4, -0.2) is 11.7 Å². The van der Waals surface area contributed by atoms with Crippen molar-refractivity contribution in [3.63, 3.8) is 0 Å². The summed E-state index contributed by atoms with van der Waals surface area (Å²) in [6.45, 7) is 2.46. The zero-order valence-electron chi connectivity index (χ0n) is 14.4. The van der Waals surface area contributed by atoms with E-state index in [4.69, 9.17) is 5.11 Å². The number of hydrogen-bond acceptors (Lipinski definition) is 1. The standard InChI is InChI=1S/C20H38O/c1-2-3-4-5-6-7-8-9-10-11-12-13-14-15-16-17-18-19-20-21/h7-8,18-19,21H,2-6,9-17,20H2,1H3/b8-7-,19-18+. The molecule has 0 atom stereocenters. The summed E-state index contributed by atoms with van der Waals surface area (Å²) in [6, 6.07) is 0. The first-order valence-corrected chi connectivity index (χ1v) is 9.32. The lowest BCUT2D eigenvalue weighted by Gasteiger charge is -2.00. The van der Waals surface area contributed by atoms with Crippen LogP contribution in [0.1, 0.15) is 96.8 Å². The van der Waals surface area contributed by atoms with Gasteiger partial charge in [-0.1, -0.05) is 82.6 Å². The zero-order valence-corrected chi connectivity index (χ0v) is 14.4. The molecule has 0 rings (SSSR count). The van der Waals surface area contributed by atoms with Crippen LogP contribution in [0, 0.1) is 0 Å². The van der Waals surface area contributed by atoms with E-state index < -0.39 is 0 Å². The van der Waals surface area contributed by atoms with Crippen LogP contribution < -0.4 is 0 Å². The molecule has 0 aliphatic carbocycles. The van der Waals surface area contributed by atoms with Gasteiger partial charge in [0.1, 0.15) is 0 Å². The van der Waals surface area contributed by atoms with Gasteiger partial charge < -0.3 is 5.11 Å². The van der Waals surface area contributed by atoms with Crippen LogP contribution in [0.25, 0.3) is 0 Å². The Bertz CT molecular complexity index is 230. The van der Waals surface area contributed by atoms with E-state index in [-0.39, 0.29) is 6.61 Å². The summed E-state index contributed by atoms with van der Waals surface area (Å²) in [6.07, 6.45) is 27.4. The fraction of sp³-hybridized carbons (Fsp3) is 0.800. The third kappa shape index (κ3) is 19.4. The van der Waals surface area contributed by atoms with Gasteiger partial charge in [0, 0.05) is 0 Å². The molecule has 21 heavy (non-hydrogen) atoms. The van der Waals surface area contributed by atoms with Gasteiger partial charge in [0.15, 0.2) is 0 Å². The maximum atomic E-state index is 8.60. The second-order valence-corrected chi connectivity index (χ2v) is 6.03. The summed E-state index contributed by atoms with van der Waals surface area (Å²) in [7, 11) is 0. The average Bonchev–Trinajstić information content (AvgIpc) is 2.50. The van der Waals surface area contributed by atoms with Gasteiger partial charge in [-0.15, -0.1) is 0 Å². The maximum Gasteiger partial charge on any atom is 0.0612 e. The molecule has 0 saturated carbocycles. The van der Waals surface area contributed by atoms with E-state index >= 15 is 0 Å². The predicted octanol–water partition coefficient (Wildman–Crippen LogP) is 6.57. The third-order valence-electron chi connectivity index (χ3n) is 3.90. The van der Waals surface area contributed by atoms with Gasteiger partial charge in [-0.05, 0) is 38.5 Å². The van der Waals surface area contributed by atoms with E-state index in [1.165, 1.54) is 83.5 Å². The minimum absolute atomic E-state index is 0.188. The van der Waals surface area contributed by atoms with Gasteiger partial charge in [-0.2, -0.15) is 0 Å².